The van der Waals surface area contributed by atoms with Crippen LogP contribution in [0.4, 0.5) is 0 Å². The quantitative estimate of drug-likeness (QED) is 0.750. The molecule has 0 amide bonds. The summed E-state index contributed by atoms with van der Waals surface area (Å²) in [5.41, 5.74) is 1.63. The van der Waals surface area contributed by atoms with E-state index in [9.17, 15) is 5.11 Å². The molecule has 1 N–H and O–H groups in total. The molecule has 0 saturated carbocycles. The van der Waals surface area contributed by atoms with E-state index < -0.39 is 5.60 Å². The van der Waals surface area contributed by atoms with Crippen molar-refractivity contribution in [1.82, 2.24) is 0 Å². The van der Waals surface area contributed by atoms with Gasteiger partial charge in [0, 0.05) is 12.8 Å². The van der Waals surface area contributed by atoms with Gasteiger partial charge in [-0.1, -0.05) is 72.8 Å². The molecule has 106 valence electrons. The third-order valence-corrected chi connectivity index (χ3v) is 3.88. The summed E-state index contributed by atoms with van der Waals surface area (Å²) < 4.78 is 0. The minimum Gasteiger partial charge on any atom is -0.389 e. The van der Waals surface area contributed by atoms with Gasteiger partial charge in [0.15, 0.2) is 0 Å². The second kappa shape index (κ2) is 5.71. The van der Waals surface area contributed by atoms with Crippen molar-refractivity contribution in [3.05, 3.63) is 83.9 Å². The Bertz CT molecular complexity index is 724. The smallest absolute Gasteiger partial charge is 0.0700 e. The van der Waals surface area contributed by atoms with Crippen molar-refractivity contribution in [1.29, 1.82) is 0 Å². The highest BCUT2D eigenvalue weighted by molar-refractivity contribution is 5.85. The number of fused-ring (bicyclic) bond motifs is 1. The van der Waals surface area contributed by atoms with Crippen LogP contribution < -0.4 is 0 Å². The summed E-state index contributed by atoms with van der Waals surface area (Å²) in [7, 11) is 0. The molecule has 0 aliphatic carbocycles. The van der Waals surface area contributed by atoms with Crippen LogP contribution in [0.15, 0.2) is 72.8 Å². The Hall–Kier alpha value is -2.12. The lowest BCUT2D eigenvalue weighted by molar-refractivity contribution is 0.0612. The molecule has 0 fully saturated rings. The maximum atomic E-state index is 10.8. The van der Waals surface area contributed by atoms with Crippen LogP contribution in [0.25, 0.3) is 10.8 Å². The third-order valence-electron chi connectivity index (χ3n) is 3.88. The van der Waals surface area contributed by atoms with E-state index >= 15 is 0 Å². The predicted octanol–water partition coefficient (Wildman–Crippen LogP) is 4.38. The van der Waals surface area contributed by atoms with Crippen LogP contribution in [-0.4, -0.2) is 10.7 Å². The van der Waals surface area contributed by atoms with Gasteiger partial charge in [0.2, 0.25) is 0 Å². The highest BCUT2D eigenvalue weighted by atomic mass is 16.3. The number of hydrogen-bond acceptors (Lipinski definition) is 1. The Morgan fingerprint density at radius 2 is 1.43 bits per heavy atom. The molecule has 1 unspecified atom stereocenters. The van der Waals surface area contributed by atoms with Gasteiger partial charge in [0.05, 0.1) is 5.60 Å². The highest BCUT2D eigenvalue weighted by Crippen LogP contribution is 2.24. The lowest BCUT2D eigenvalue weighted by Gasteiger charge is -2.24. The molecule has 21 heavy (non-hydrogen) atoms. The fourth-order valence-electron chi connectivity index (χ4n) is 2.96. The lowest BCUT2D eigenvalue weighted by Crippen LogP contribution is -2.30. The summed E-state index contributed by atoms with van der Waals surface area (Å²) in [6.45, 7) is 1.92. The first-order valence-electron chi connectivity index (χ1n) is 7.37. The zero-order chi connectivity index (χ0) is 14.7. The Morgan fingerprint density at radius 3 is 2.24 bits per heavy atom. The average molecular weight is 276 g/mol. The van der Waals surface area contributed by atoms with Gasteiger partial charge in [-0.05, 0) is 28.8 Å². The normalized spacial score (nSPS) is 14.0. The van der Waals surface area contributed by atoms with Gasteiger partial charge in [-0.25, -0.2) is 0 Å². The zero-order valence-corrected chi connectivity index (χ0v) is 12.3. The molecule has 3 rings (SSSR count). The molecule has 1 atom stereocenters. The van der Waals surface area contributed by atoms with Crippen LogP contribution in [0.2, 0.25) is 0 Å². The van der Waals surface area contributed by atoms with Crippen LogP contribution >= 0.6 is 0 Å². The summed E-state index contributed by atoms with van der Waals surface area (Å²) in [5, 5.41) is 13.2. The van der Waals surface area contributed by atoms with Crippen molar-refractivity contribution in [2.24, 2.45) is 0 Å². The Balaban J connectivity index is 1.87. The fraction of sp³-hybridized carbons (Fsp3) is 0.200. The van der Waals surface area contributed by atoms with Gasteiger partial charge in [-0.3, -0.25) is 0 Å². The first-order chi connectivity index (χ1) is 10.1. The molecule has 0 aliphatic heterocycles. The van der Waals surface area contributed by atoms with Crippen LogP contribution in [0.1, 0.15) is 18.1 Å². The molecule has 0 heterocycles. The second-order valence-corrected chi connectivity index (χ2v) is 5.97. The van der Waals surface area contributed by atoms with Crippen LogP contribution in [0.3, 0.4) is 0 Å². The molecule has 0 aromatic heterocycles. The van der Waals surface area contributed by atoms with E-state index in [1.165, 1.54) is 21.9 Å². The van der Waals surface area contributed by atoms with Crippen LogP contribution in [-0.2, 0) is 12.8 Å². The van der Waals surface area contributed by atoms with E-state index in [1.54, 1.807) is 0 Å². The second-order valence-electron chi connectivity index (χ2n) is 5.97. The summed E-state index contributed by atoms with van der Waals surface area (Å²) in [6.07, 6.45) is 1.32. The molecule has 0 radical (unpaired) electrons. The standard InChI is InChI=1S/C20H20O/c1-20(21,14-16-8-3-2-4-9-16)15-18-12-7-11-17-10-5-6-13-19(17)18/h2-13,21H,14-15H2,1H3. The van der Waals surface area contributed by atoms with E-state index in [0.29, 0.717) is 12.8 Å². The van der Waals surface area contributed by atoms with Gasteiger partial charge in [0.25, 0.3) is 0 Å². The fourth-order valence-corrected chi connectivity index (χ4v) is 2.96. The zero-order valence-electron chi connectivity index (χ0n) is 12.3. The Kier molecular flexibility index (Phi) is 3.76. The van der Waals surface area contributed by atoms with Crippen molar-refractivity contribution in [2.45, 2.75) is 25.4 Å². The SMILES string of the molecule is CC(O)(Cc1ccccc1)Cc1cccc2ccccc12. The first-order valence-corrected chi connectivity index (χ1v) is 7.37. The topological polar surface area (TPSA) is 20.2 Å². The van der Waals surface area contributed by atoms with Gasteiger partial charge in [0.1, 0.15) is 0 Å². The lowest BCUT2D eigenvalue weighted by atomic mass is 9.88. The summed E-state index contributed by atoms with van der Waals surface area (Å²) in [6, 6.07) is 24.8. The van der Waals surface area contributed by atoms with Crippen molar-refractivity contribution in [3.8, 4) is 0 Å². The molecule has 1 heteroatoms. The minimum absolute atomic E-state index is 0.656. The highest BCUT2D eigenvalue weighted by Gasteiger charge is 2.22. The van der Waals surface area contributed by atoms with Gasteiger partial charge < -0.3 is 5.11 Å². The Labute approximate surface area is 125 Å². The predicted molar refractivity (Wildman–Crippen MR) is 88.4 cm³/mol. The monoisotopic (exact) mass is 276 g/mol. The average Bonchev–Trinajstić information content (AvgIpc) is 2.48. The number of hydrogen-bond donors (Lipinski definition) is 1. The van der Waals surface area contributed by atoms with Crippen molar-refractivity contribution in [3.63, 3.8) is 0 Å². The number of benzene rings is 3. The van der Waals surface area contributed by atoms with E-state index in [0.717, 1.165) is 0 Å². The van der Waals surface area contributed by atoms with Crippen molar-refractivity contribution >= 4 is 10.8 Å². The molecule has 0 bridgehead atoms. The molecule has 0 saturated heterocycles. The van der Waals surface area contributed by atoms with Crippen LogP contribution in [0.5, 0.6) is 0 Å². The Morgan fingerprint density at radius 1 is 0.762 bits per heavy atom. The molecule has 3 aromatic carbocycles. The van der Waals surface area contributed by atoms with E-state index in [4.69, 9.17) is 0 Å². The third kappa shape index (κ3) is 3.32. The summed E-state index contributed by atoms with van der Waals surface area (Å²) in [4.78, 5) is 0. The van der Waals surface area contributed by atoms with Crippen LogP contribution in [0, 0.1) is 0 Å². The molecule has 1 nitrogen and oxygen atoms in total. The number of aliphatic hydroxyl groups is 1. The largest absolute Gasteiger partial charge is 0.389 e. The minimum atomic E-state index is -0.745. The van der Waals surface area contributed by atoms with Crippen molar-refractivity contribution in [2.75, 3.05) is 0 Å². The van der Waals surface area contributed by atoms with E-state index in [1.807, 2.05) is 31.2 Å². The molecular formula is C20H20O. The maximum absolute atomic E-state index is 10.8. The maximum Gasteiger partial charge on any atom is 0.0700 e. The molecule has 0 spiro atoms. The molecular weight excluding hydrogens is 256 g/mol. The summed E-state index contributed by atoms with van der Waals surface area (Å²) >= 11 is 0. The van der Waals surface area contributed by atoms with Crippen molar-refractivity contribution < 1.29 is 5.11 Å². The number of rotatable bonds is 4. The first kappa shape index (κ1) is 13.8. The van der Waals surface area contributed by atoms with E-state index in [2.05, 4.69) is 48.5 Å². The van der Waals surface area contributed by atoms with E-state index in [-0.39, 0.29) is 0 Å². The van der Waals surface area contributed by atoms with Gasteiger partial charge in [-0.15, -0.1) is 0 Å². The van der Waals surface area contributed by atoms with Gasteiger partial charge in [-0.2, -0.15) is 0 Å². The molecule has 0 aliphatic rings. The van der Waals surface area contributed by atoms with Gasteiger partial charge >= 0.3 is 0 Å². The summed E-state index contributed by atoms with van der Waals surface area (Å²) in [5.74, 6) is 0. The molecule has 3 aromatic rings.